The number of ether oxygens (including phenoxy) is 2. The van der Waals surface area contributed by atoms with Crippen LogP contribution in [-0.2, 0) is 6.54 Å². The van der Waals surface area contributed by atoms with Gasteiger partial charge < -0.3 is 14.8 Å². The van der Waals surface area contributed by atoms with Crippen LogP contribution in [0.4, 0.5) is 0 Å². The molecule has 0 aliphatic carbocycles. The van der Waals surface area contributed by atoms with E-state index in [1.54, 1.807) is 10.9 Å². The number of nitrogens with zero attached hydrogens (tertiary/aromatic N) is 2. The number of hydrogen-bond donors (Lipinski definition) is 1. The number of carbonyl (C=O) groups excluding carboxylic acids is 1. The zero-order valence-electron chi connectivity index (χ0n) is 15.4. The standard InChI is InChI=1S/C21H20BrN3O3/c1-14-18(13-24-25(14)17-6-4-16(22)5-7-17)21(26)23-12-15-3-8-19-20(11-15)28-10-2-9-27-19/h3-8,11,13H,2,9-10,12H2,1H3,(H,23,26). The second kappa shape index (κ2) is 8.06. The van der Waals surface area contributed by atoms with E-state index in [2.05, 4.69) is 26.3 Å². The lowest BCUT2D eigenvalue weighted by atomic mass is 10.2. The van der Waals surface area contributed by atoms with Crippen molar-refractivity contribution in [1.82, 2.24) is 15.1 Å². The number of carbonyl (C=O) groups is 1. The van der Waals surface area contributed by atoms with Crippen LogP contribution in [0.5, 0.6) is 11.5 Å². The first-order valence-corrected chi connectivity index (χ1v) is 9.88. The molecule has 4 rings (SSSR count). The summed E-state index contributed by atoms with van der Waals surface area (Å²) in [6, 6.07) is 13.5. The van der Waals surface area contributed by atoms with Crippen LogP contribution in [0.2, 0.25) is 0 Å². The third-order valence-corrected chi connectivity index (χ3v) is 5.12. The van der Waals surface area contributed by atoms with E-state index in [9.17, 15) is 4.79 Å². The highest BCUT2D eigenvalue weighted by atomic mass is 79.9. The van der Waals surface area contributed by atoms with Crippen LogP contribution >= 0.6 is 15.9 Å². The maximum absolute atomic E-state index is 12.7. The molecule has 0 spiro atoms. The van der Waals surface area contributed by atoms with Gasteiger partial charge in [-0.2, -0.15) is 5.10 Å². The Morgan fingerprint density at radius 2 is 1.89 bits per heavy atom. The molecule has 0 atom stereocenters. The summed E-state index contributed by atoms with van der Waals surface area (Å²) in [7, 11) is 0. The zero-order valence-corrected chi connectivity index (χ0v) is 17.0. The average Bonchev–Trinajstić information content (AvgIpc) is 2.94. The summed E-state index contributed by atoms with van der Waals surface area (Å²) in [5.74, 6) is 1.32. The topological polar surface area (TPSA) is 65.4 Å². The molecule has 0 radical (unpaired) electrons. The van der Waals surface area contributed by atoms with Crippen molar-refractivity contribution in [3.63, 3.8) is 0 Å². The molecule has 2 aromatic carbocycles. The highest BCUT2D eigenvalue weighted by Crippen LogP contribution is 2.30. The van der Waals surface area contributed by atoms with Crippen molar-refractivity contribution >= 4 is 21.8 Å². The zero-order chi connectivity index (χ0) is 19.5. The van der Waals surface area contributed by atoms with Crippen LogP contribution in [0, 0.1) is 6.92 Å². The van der Waals surface area contributed by atoms with E-state index in [1.165, 1.54) is 0 Å². The molecule has 144 valence electrons. The van der Waals surface area contributed by atoms with Crippen molar-refractivity contribution in [3.05, 3.63) is 70.0 Å². The van der Waals surface area contributed by atoms with Crippen LogP contribution in [0.1, 0.15) is 28.0 Å². The molecule has 0 saturated carbocycles. The number of halogens is 1. The predicted molar refractivity (Wildman–Crippen MR) is 109 cm³/mol. The molecule has 1 aliphatic rings. The van der Waals surface area contributed by atoms with Crippen molar-refractivity contribution in [2.45, 2.75) is 19.9 Å². The summed E-state index contributed by atoms with van der Waals surface area (Å²) < 4.78 is 14.1. The predicted octanol–water partition coefficient (Wildman–Crippen LogP) is 4.03. The Morgan fingerprint density at radius 1 is 1.14 bits per heavy atom. The number of aromatic nitrogens is 2. The Hall–Kier alpha value is -2.80. The Morgan fingerprint density at radius 3 is 2.68 bits per heavy atom. The molecule has 6 nitrogen and oxygen atoms in total. The van der Waals surface area contributed by atoms with Gasteiger partial charge in [0, 0.05) is 17.4 Å². The van der Waals surface area contributed by atoms with E-state index in [-0.39, 0.29) is 5.91 Å². The van der Waals surface area contributed by atoms with Gasteiger partial charge in [0.15, 0.2) is 11.5 Å². The van der Waals surface area contributed by atoms with E-state index in [4.69, 9.17) is 9.47 Å². The third-order valence-electron chi connectivity index (χ3n) is 4.59. The molecule has 3 aromatic rings. The van der Waals surface area contributed by atoms with Crippen molar-refractivity contribution in [3.8, 4) is 17.2 Å². The minimum atomic E-state index is -0.159. The minimum absolute atomic E-state index is 0.159. The SMILES string of the molecule is Cc1c(C(=O)NCc2ccc3c(c2)OCCCO3)cnn1-c1ccc(Br)cc1. The second-order valence-corrected chi connectivity index (χ2v) is 7.46. The van der Waals surface area contributed by atoms with Crippen LogP contribution in [0.25, 0.3) is 5.69 Å². The molecule has 0 unspecified atom stereocenters. The number of benzene rings is 2. The van der Waals surface area contributed by atoms with Crippen LogP contribution < -0.4 is 14.8 Å². The number of hydrogen-bond acceptors (Lipinski definition) is 4. The Kier molecular flexibility index (Phi) is 5.34. The minimum Gasteiger partial charge on any atom is -0.490 e. The lowest BCUT2D eigenvalue weighted by Gasteiger charge is -2.10. The summed E-state index contributed by atoms with van der Waals surface area (Å²) in [6.45, 7) is 3.58. The Balaban J connectivity index is 1.46. The van der Waals surface area contributed by atoms with Crippen molar-refractivity contribution < 1.29 is 14.3 Å². The maximum atomic E-state index is 12.7. The number of amides is 1. The van der Waals surface area contributed by atoms with Crippen molar-refractivity contribution in [1.29, 1.82) is 0 Å². The molecule has 0 fully saturated rings. The fourth-order valence-electron chi connectivity index (χ4n) is 3.07. The lowest BCUT2D eigenvalue weighted by Crippen LogP contribution is -2.23. The number of rotatable bonds is 4. The molecular formula is C21H20BrN3O3. The Labute approximate surface area is 171 Å². The molecule has 0 saturated heterocycles. The van der Waals surface area contributed by atoms with Gasteiger partial charge >= 0.3 is 0 Å². The van der Waals surface area contributed by atoms with Gasteiger partial charge in [0.05, 0.1) is 36.4 Å². The normalized spacial score (nSPS) is 13.1. The lowest BCUT2D eigenvalue weighted by molar-refractivity contribution is 0.0950. The molecular weight excluding hydrogens is 422 g/mol. The van der Waals surface area contributed by atoms with Crippen LogP contribution in [0.3, 0.4) is 0 Å². The fourth-order valence-corrected chi connectivity index (χ4v) is 3.33. The van der Waals surface area contributed by atoms with E-state index in [0.717, 1.165) is 39.3 Å². The van der Waals surface area contributed by atoms with Gasteiger partial charge in [-0.3, -0.25) is 4.79 Å². The molecule has 1 N–H and O–H groups in total. The quantitative estimate of drug-likeness (QED) is 0.663. The van der Waals surface area contributed by atoms with Gasteiger partial charge in [-0.15, -0.1) is 0 Å². The van der Waals surface area contributed by atoms with Gasteiger partial charge in [0.25, 0.3) is 5.91 Å². The van der Waals surface area contributed by atoms with Crippen LogP contribution in [-0.4, -0.2) is 28.9 Å². The van der Waals surface area contributed by atoms with Gasteiger partial charge in [0.2, 0.25) is 0 Å². The van der Waals surface area contributed by atoms with Gasteiger partial charge in [-0.05, 0) is 48.9 Å². The highest BCUT2D eigenvalue weighted by molar-refractivity contribution is 9.10. The highest BCUT2D eigenvalue weighted by Gasteiger charge is 2.16. The summed E-state index contributed by atoms with van der Waals surface area (Å²) in [5, 5.41) is 7.32. The summed E-state index contributed by atoms with van der Waals surface area (Å²) in [5.41, 5.74) is 3.20. The first-order chi connectivity index (χ1) is 13.6. The molecule has 28 heavy (non-hydrogen) atoms. The molecule has 0 bridgehead atoms. The van der Waals surface area contributed by atoms with Crippen molar-refractivity contribution in [2.75, 3.05) is 13.2 Å². The van der Waals surface area contributed by atoms with E-state index in [0.29, 0.717) is 25.3 Å². The summed E-state index contributed by atoms with van der Waals surface area (Å²) in [4.78, 5) is 12.7. The molecule has 2 heterocycles. The fraction of sp³-hybridized carbons (Fsp3) is 0.238. The van der Waals surface area contributed by atoms with Crippen molar-refractivity contribution in [2.24, 2.45) is 0 Å². The smallest absolute Gasteiger partial charge is 0.255 e. The van der Waals surface area contributed by atoms with Crippen LogP contribution in [0.15, 0.2) is 53.1 Å². The summed E-state index contributed by atoms with van der Waals surface area (Å²) >= 11 is 3.42. The van der Waals surface area contributed by atoms with Gasteiger partial charge in [0.1, 0.15) is 0 Å². The second-order valence-electron chi connectivity index (χ2n) is 6.55. The average molecular weight is 442 g/mol. The molecule has 1 aliphatic heterocycles. The summed E-state index contributed by atoms with van der Waals surface area (Å²) in [6.07, 6.45) is 2.46. The largest absolute Gasteiger partial charge is 0.490 e. The monoisotopic (exact) mass is 441 g/mol. The molecule has 7 heteroatoms. The van der Waals surface area contributed by atoms with Gasteiger partial charge in [-0.1, -0.05) is 22.0 Å². The first-order valence-electron chi connectivity index (χ1n) is 9.09. The van der Waals surface area contributed by atoms with E-state index >= 15 is 0 Å². The third kappa shape index (κ3) is 3.89. The Bertz CT molecular complexity index is 999. The maximum Gasteiger partial charge on any atom is 0.255 e. The van der Waals surface area contributed by atoms with E-state index in [1.807, 2.05) is 49.4 Å². The molecule has 1 aromatic heterocycles. The number of nitrogens with one attached hydrogen (secondary N) is 1. The first kappa shape index (κ1) is 18.6. The van der Waals surface area contributed by atoms with Gasteiger partial charge in [-0.25, -0.2) is 4.68 Å². The number of fused-ring (bicyclic) bond motifs is 1. The van der Waals surface area contributed by atoms with E-state index < -0.39 is 0 Å². The molecule has 1 amide bonds.